The summed E-state index contributed by atoms with van der Waals surface area (Å²) in [7, 11) is 2.93. The number of anilines is 1. The molecule has 0 unspecified atom stereocenters. The molecule has 0 saturated heterocycles. The minimum absolute atomic E-state index is 0.0744. The maximum atomic E-state index is 12.4. The number of carbonyl (C=O) groups excluding carboxylic acids is 2. The van der Waals surface area contributed by atoms with E-state index < -0.39 is 0 Å². The lowest BCUT2D eigenvalue weighted by Gasteiger charge is -2.15. The van der Waals surface area contributed by atoms with E-state index in [4.69, 9.17) is 9.47 Å². The Hall–Kier alpha value is -2.56. The second-order valence-electron chi connectivity index (χ2n) is 6.29. The Morgan fingerprint density at radius 1 is 1.17 bits per heavy atom. The molecule has 0 radical (unpaired) electrons. The van der Waals surface area contributed by atoms with E-state index in [-0.39, 0.29) is 17.3 Å². The van der Waals surface area contributed by atoms with E-state index in [0.717, 1.165) is 23.6 Å². The van der Waals surface area contributed by atoms with Gasteiger partial charge in [-0.25, -0.2) is 4.79 Å². The predicted octanol–water partition coefficient (Wildman–Crippen LogP) is 2.98. The molecule has 0 spiro atoms. The number of hydrogen-bond donors (Lipinski definition) is 1. The Morgan fingerprint density at radius 3 is 2.52 bits per heavy atom. The fourth-order valence-electron chi connectivity index (χ4n) is 3.16. The third-order valence-corrected chi connectivity index (χ3v) is 5.00. The molecule has 0 aromatic heterocycles. The monoisotopic (exact) mass is 311 g/mol. The van der Waals surface area contributed by atoms with Crippen LogP contribution in [0.15, 0.2) is 30.3 Å². The van der Waals surface area contributed by atoms with Gasteiger partial charge in [-0.1, -0.05) is 12.1 Å². The van der Waals surface area contributed by atoms with Crippen molar-refractivity contribution in [2.24, 2.45) is 11.3 Å². The fraction of sp³-hybridized carbons (Fsp3) is 0.333. The molecule has 2 aliphatic carbocycles. The van der Waals surface area contributed by atoms with Crippen molar-refractivity contribution in [3.05, 3.63) is 35.9 Å². The van der Waals surface area contributed by atoms with Crippen LogP contribution in [0.4, 0.5) is 5.69 Å². The first-order chi connectivity index (χ1) is 11.1. The third-order valence-electron chi connectivity index (χ3n) is 5.00. The summed E-state index contributed by atoms with van der Waals surface area (Å²) in [6, 6.07) is 8.93. The highest BCUT2D eigenvalue weighted by molar-refractivity contribution is 6.09. The average Bonchev–Trinajstić information content (AvgIpc) is 3.43. The molecule has 5 heteroatoms. The smallest absolute Gasteiger partial charge is 0.337 e. The van der Waals surface area contributed by atoms with Crippen molar-refractivity contribution < 1.29 is 19.1 Å². The van der Waals surface area contributed by atoms with Crippen LogP contribution < -0.4 is 10.1 Å². The van der Waals surface area contributed by atoms with E-state index >= 15 is 0 Å². The molecule has 2 saturated carbocycles. The van der Waals surface area contributed by atoms with Gasteiger partial charge in [-0.3, -0.25) is 4.79 Å². The van der Waals surface area contributed by atoms with Crippen LogP contribution in [0.2, 0.25) is 0 Å². The molecule has 5 nitrogen and oxygen atoms in total. The molecule has 1 N–H and O–H groups in total. The zero-order valence-corrected chi connectivity index (χ0v) is 13.0. The maximum absolute atomic E-state index is 12.4. The van der Waals surface area contributed by atoms with Crippen LogP contribution in [0.1, 0.15) is 23.2 Å². The largest absolute Gasteiger partial charge is 0.495 e. The quantitative estimate of drug-likeness (QED) is 0.882. The first-order valence-electron chi connectivity index (χ1n) is 7.59. The summed E-state index contributed by atoms with van der Waals surface area (Å²) < 4.78 is 10.1. The number of amides is 1. The molecule has 23 heavy (non-hydrogen) atoms. The first-order valence-corrected chi connectivity index (χ1v) is 7.59. The van der Waals surface area contributed by atoms with Crippen LogP contribution in [-0.2, 0) is 9.53 Å². The number of fused-ring (bicyclic) bond motifs is 2. The second-order valence-corrected chi connectivity index (χ2v) is 6.29. The molecule has 2 aromatic rings. The number of esters is 1. The molecule has 0 heterocycles. The molecule has 0 atom stereocenters. The lowest BCUT2D eigenvalue weighted by atomic mass is 10.0. The lowest BCUT2D eigenvalue weighted by molar-refractivity contribution is -0.119. The van der Waals surface area contributed by atoms with Gasteiger partial charge in [0.05, 0.1) is 30.9 Å². The number of carbonyl (C=O) groups is 2. The van der Waals surface area contributed by atoms with Crippen molar-refractivity contribution in [2.75, 3.05) is 19.5 Å². The number of hydrogen-bond acceptors (Lipinski definition) is 4. The highest BCUT2D eigenvalue weighted by Gasteiger charge is 2.74. The van der Waals surface area contributed by atoms with Gasteiger partial charge in [0, 0.05) is 5.39 Å². The van der Waals surface area contributed by atoms with Crippen LogP contribution in [0.5, 0.6) is 5.75 Å². The summed E-state index contributed by atoms with van der Waals surface area (Å²) in [6.07, 6.45) is 2.00. The van der Waals surface area contributed by atoms with Crippen molar-refractivity contribution in [1.82, 2.24) is 0 Å². The molecular weight excluding hydrogens is 294 g/mol. The van der Waals surface area contributed by atoms with Gasteiger partial charge in [-0.05, 0) is 42.3 Å². The van der Waals surface area contributed by atoms with E-state index in [1.807, 2.05) is 12.1 Å². The Bertz CT molecular complexity index is 836. The van der Waals surface area contributed by atoms with E-state index in [0.29, 0.717) is 22.9 Å². The maximum Gasteiger partial charge on any atom is 0.337 e. The molecule has 2 aromatic carbocycles. The average molecular weight is 311 g/mol. The van der Waals surface area contributed by atoms with Gasteiger partial charge in [0.15, 0.2) is 0 Å². The zero-order valence-electron chi connectivity index (χ0n) is 13.0. The molecule has 118 valence electrons. The number of benzene rings is 2. The van der Waals surface area contributed by atoms with Crippen molar-refractivity contribution in [2.45, 2.75) is 12.8 Å². The van der Waals surface area contributed by atoms with E-state index in [1.165, 1.54) is 7.11 Å². The van der Waals surface area contributed by atoms with E-state index in [2.05, 4.69) is 5.32 Å². The number of nitrogens with one attached hydrogen (secondary N) is 1. The number of rotatable bonds is 4. The van der Waals surface area contributed by atoms with Crippen molar-refractivity contribution in [3.63, 3.8) is 0 Å². The predicted molar refractivity (Wildman–Crippen MR) is 85.6 cm³/mol. The van der Waals surface area contributed by atoms with Gasteiger partial charge in [-0.2, -0.15) is 0 Å². The normalized spacial score (nSPS) is 23.8. The second kappa shape index (κ2) is 4.72. The van der Waals surface area contributed by atoms with E-state index in [9.17, 15) is 9.59 Å². The van der Waals surface area contributed by atoms with Gasteiger partial charge in [0.1, 0.15) is 5.75 Å². The molecular formula is C18H17NO4. The molecule has 0 aliphatic heterocycles. The number of ether oxygens (including phenoxy) is 2. The highest BCUT2D eigenvalue weighted by atomic mass is 16.5. The first kappa shape index (κ1) is 14.1. The molecule has 4 rings (SSSR count). The number of methoxy groups -OCH3 is 2. The van der Waals surface area contributed by atoms with Crippen LogP contribution in [0.25, 0.3) is 10.8 Å². The summed E-state index contributed by atoms with van der Waals surface area (Å²) in [5, 5.41) is 4.73. The van der Waals surface area contributed by atoms with Gasteiger partial charge in [0.2, 0.25) is 5.91 Å². The van der Waals surface area contributed by atoms with Crippen LogP contribution in [0, 0.1) is 11.3 Å². The SMILES string of the molecule is COC(=O)c1ccc2c(NC(=O)C34CC3C4)c(OC)ccc2c1. The van der Waals surface area contributed by atoms with Gasteiger partial charge in [-0.15, -0.1) is 0 Å². The van der Waals surface area contributed by atoms with Crippen molar-refractivity contribution in [3.8, 4) is 5.75 Å². The molecule has 2 aliphatic rings. The van der Waals surface area contributed by atoms with Gasteiger partial charge < -0.3 is 14.8 Å². The molecule has 1 amide bonds. The zero-order chi connectivity index (χ0) is 16.2. The molecule has 2 fully saturated rings. The van der Waals surface area contributed by atoms with Crippen LogP contribution in [-0.4, -0.2) is 26.1 Å². The van der Waals surface area contributed by atoms with Gasteiger partial charge in [0.25, 0.3) is 0 Å². The Kier molecular flexibility index (Phi) is 2.88. The van der Waals surface area contributed by atoms with Crippen molar-refractivity contribution >= 4 is 28.3 Å². The third kappa shape index (κ3) is 2.07. The fourth-order valence-corrected chi connectivity index (χ4v) is 3.16. The Balaban J connectivity index is 1.76. The minimum Gasteiger partial charge on any atom is -0.495 e. The summed E-state index contributed by atoms with van der Waals surface area (Å²) in [5.74, 6) is 0.886. The van der Waals surface area contributed by atoms with E-state index in [1.54, 1.807) is 25.3 Å². The molecule has 0 bridgehead atoms. The Morgan fingerprint density at radius 2 is 1.91 bits per heavy atom. The minimum atomic E-state index is -0.383. The summed E-state index contributed by atoms with van der Waals surface area (Å²) in [5.41, 5.74) is 1.03. The van der Waals surface area contributed by atoms with Gasteiger partial charge >= 0.3 is 5.97 Å². The summed E-state index contributed by atoms with van der Waals surface area (Å²) in [6.45, 7) is 0. The van der Waals surface area contributed by atoms with Crippen LogP contribution >= 0.6 is 0 Å². The Labute approximate surface area is 133 Å². The summed E-state index contributed by atoms with van der Waals surface area (Å²) >= 11 is 0. The van der Waals surface area contributed by atoms with Crippen LogP contribution in [0.3, 0.4) is 0 Å². The lowest BCUT2D eigenvalue weighted by Crippen LogP contribution is -2.18. The van der Waals surface area contributed by atoms with Crippen molar-refractivity contribution in [1.29, 1.82) is 0 Å². The standard InChI is InChI=1S/C18H17NO4/c1-22-14-6-4-10-7-11(16(20)23-2)3-5-13(10)15(14)19-17(21)18-8-12(18)9-18/h3-7,12H,8-9H2,1-2H3,(H,19,21). The highest BCUT2D eigenvalue weighted by Crippen LogP contribution is 2.75. The summed E-state index contributed by atoms with van der Waals surface area (Å²) in [4.78, 5) is 24.1. The topological polar surface area (TPSA) is 64.6 Å².